The van der Waals surface area contributed by atoms with Crippen LogP contribution in [0.2, 0.25) is 0 Å². The number of amides is 1. The summed E-state index contributed by atoms with van der Waals surface area (Å²) in [5.41, 5.74) is 0.587. The Kier molecular flexibility index (Phi) is 7.00. The van der Waals surface area contributed by atoms with Gasteiger partial charge in [-0.15, -0.1) is 0 Å². The van der Waals surface area contributed by atoms with Gasteiger partial charge in [-0.1, -0.05) is 28.1 Å². The van der Waals surface area contributed by atoms with E-state index in [-0.39, 0.29) is 11.4 Å². The van der Waals surface area contributed by atoms with E-state index in [1.165, 1.54) is 32.4 Å². The molecule has 0 saturated carbocycles. The third kappa shape index (κ3) is 5.69. The first-order valence-corrected chi connectivity index (χ1v) is 8.75. The normalized spacial score (nSPS) is 13.4. The van der Waals surface area contributed by atoms with E-state index >= 15 is 0 Å². The molecular formula is C18H16BrF3N2O4. The fourth-order valence-corrected chi connectivity index (χ4v) is 2.56. The number of halogens is 4. The van der Waals surface area contributed by atoms with Crippen LogP contribution in [0.15, 0.2) is 47.1 Å². The van der Waals surface area contributed by atoms with Crippen LogP contribution in [0.5, 0.6) is 5.75 Å². The molecule has 1 aromatic carbocycles. The highest BCUT2D eigenvalue weighted by Gasteiger charge is 2.40. The van der Waals surface area contributed by atoms with Gasteiger partial charge in [0, 0.05) is 4.47 Å². The molecule has 0 spiro atoms. The van der Waals surface area contributed by atoms with Gasteiger partial charge in [0.05, 0.1) is 19.3 Å². The van der Waals surface area contributed by atoms with E-state index in [4.69, 9.17) is 4.74 Å². The van der Waals surface area contributed by atoms with Gasteiger partial charge in [-0.3, -0.25) is 4.79 Å². The number of aromatic nitrogens is 1. The molecule has 10 heteroatoms. The van der Waals surface area contributed by atoms with Gasteiger partial charge < -0.3 is 14.8 Å². The van der Waals surface area contributed by atoms with Crippen LogP contribution in [0, 0.1) is 0 Å². The van der Waals surface area contributed by atoms with E-state index in [0.717, 1.165) is 4.47 Å². The van der Waals surface area contributed by atoms with Crippen LogP contribution in [0.4, 0.5) is 13.2 Å². The van der Waals surface area contributed by atoms with E-state index in [1.807, 2.05) is 5.32 Å². The topological polar surface area (TPSA) is 77.5 Å². The Morgan fingerprint density at radius 2 is 1.79 bits per heavy atom. The van der Waals surface area contributed by atoms with Crippen molar-refractivity contribution < 1.29 is 32.2 Å². The van der Waals surface area contributed by atoms with Gasteiger partial charge in [-0.05, 0) is 36.8 Å². The molecule has 0 fully saturated rings. The number of nitrogens with zero attached hydrogens (tertiary/aromatic N) is 1. The lowest BCUT2D eigenvalue weighted by molar-refractivity contribution is -0.174. The quantitative estimate of drug-likeness (QED) is 0.663. The molecule has 0 saturated heterocycles. The third-order valence-corrected chi connectivity index (χ3v) is 4.19. The lowest BCUT2D eigenvalue weighted by atomic mass is 10.0. The van der Waals surface area contributed by atoms with Crippen LogP contribution in [0.3, 0.4) is 0 Å². The summed E-state index contributed by atoms with van der Waals surface area (Å²) in [5.74, 6) is -2.50. The number of ether oxygens (including phenoxy) is 2. The molecule has 1 aromatic heterocycles. The molecule has 0 unspecified atom stereocenters. The van der Waals surface area contributed by atoms with E-state index < -0.39 is 30.2 Å². The Hall–Kier alpha value is -2.62. The van der Waals surface area contributed by atoms with Crippen molar-refractivity contribution in [3.63, 3.8) is 0 Å². The largest absolute Gasteiger partial charge is 0.482 e. The number of methoxy groups -OCH3 is 1. The monoisotopic (exact) mass is 460 g/mol. The average Bonchev–Trinajstić information content (AvgIpc) is 2.66. The molecule has 1 amide bonds. The Morgan fingerprint density at radius 3 is 2.29 bits per heavy atom. The molecule has 0 aliphatic heterocycles. The SMILES string of the molecule is COC(=O)c1ccc(O[C@H](c2ccc(Br)cc2)[C@H](C)NC(=O)C(F)(F)F)cn1. The Balaban J connectivity index is 2.26. The van der Waals surface area contributed by atoms with Gasteiger partial charge in [-0.2, -0.15) is 13.2 Å². The molecular weight excluding hydrogens is 445 g/mol. The fraction of sp³-hybridized carbons (Fsp3) is 0.278. The van der Waals surface area contributed by atoms with Gasteiger partial charge >= 0.3 is 18.1 Å². The second-order valence-corrected chi connectivity index (χ2v) is 6.64. The van der Waals surface area contributed by atoms with Gasteiger partial charge in [-0.25, -0.2) is 9.78 Å². The van der Waals surface area contributed by atoms with Crippen molar-refractivity contribution in [1.29, 1.82) is 0 Å². The number of carbonyl (C=O) groups excluding carboxylic acids is 2. The first-order chi connectivity index (χ1) is 13.1. The summed E-state index contributed by atoms with van der Waals surface area (Å²) in [6, 6.07) is 8.48. The maximum Gasteiger partial charge on any atom is 0.471 e. The number of carbonyl (C=O) groups is 2. The lowest BCUT2D eigenvalue weighted by Crippen LogP contribution is -2.45. The number of pyridine rings is 1. The molecule has 0 bridgehead atoms. The molecule has 2 atom stereocenters. The number of benzene rings is 1. The summed E-state index contributed by atoms with van der Waals surface area (Å²) in [4.78, 5) is 26.6. The van der Waals surface area contributed by atoms with Crippen molar-refractivity contribution in [2.75, 3.05) is 7.11 Å². The summed E-state index contributed by atoms with van der Waals surface area (Å²) in [5, 5.41) is 1.90. The second-order valence-electron chi connectivity index (χ2n) is 5.72. The van der Waals surface area contributed by atoms with E-state index in [0.29, 0.717) is 5.56 Å². The molecule has 0 aliphatic rings. The molecule has 6 nitrogen and oxygen atoms in total. The number of esters is 1. The predicted octanol–water partition coefficient (Wildman–Crippen LogP) is 3.82. The molecule has 0 radical (unpaired) electrons. The van der Waals surface area contributed by atoms with E-state index in [1.54, 1.807) is 24.3 Å². The van der Waals surface area contributed by atoms with Crippen molar-refractivity contribution >= 4 is 27.8 Å². The Labute approximate surface area is 167 Å². The smallest absolute Gasteiger partial charge is 0.471 e. The number of alkyl halides is 3. The first kappa shape index (κ1) is 21.7. The van der Waals surface area contributed by atoms with Crippen LogP contribution in [-0.4, -0.2) is 36.2 Å². The minimum Gasteiger partial charge on any atom is -0.482 e. The summed E-state index contributed by atoms with van der Waals surface area (Å²) >= 11 is 3.28. The minimum absolute atomic E-state index is 0.0495. The Morgan fingerprint density at radius 1 is 1.14 bits per heavy atom. The number of nitrogens with one attached hydrogen (secondary N) is 1. The van der Waals surface area contributed by atoms with Crippen molar-refractivity contribution in [1.82, 2.24) is 10.3 Å². The average molecular weight is 461 g/mol. The fourth-order valence-electron chi connectivity index (χ4n) is 2.30. The molecule has 0 aliphatic carbocycles. The van der Waals surface area contributed by atoms with E-state index in [9.17, 15) is 22.8 Å². The number of hydrogen-bond donors (Lipinski definition) is 1. The van der Waals surface area contributed by atoms with Crippen molar-refractivity contribution in [3.05, 3.63) is 58.3 Å². The van der Waals surface area contributed by atoms with Gasteiger partial charge in [0.15, 0.2) is 0 Å². The molecule has 2 rings (SSSR count). The molecule has 1 N–H and O–H groups in total. The van der Waals surface area contributed by atoms with Gasteiger partial charge in [0.2, 0.25) is 0 Å². The second kappa shape index (κ2) is 9.05. The number of rotatable bonds is 6. The van der Waals surface area contributed by atoms with Crippen LogP contribution in [0.1, 0.15) is 29.1 Å². The summed E-state index contributed by atoms with van der Waals surface area (Å²) in [6.07, 6.45) is -4.70. The van der Waals surface area contributed by atoms with Gasteiger partial charge in [0.1, 0.15) is 17.5 Å². The molecule has 1 heterocycles. The maximum absolute atomic E-state index is 12.6. The van der Waals surface area contributed by atoms with Crippen molar-refractivity contribution in [3.8, 4) is 5.75 Å². The third-order valence-electron chi connectivity index (χ3n) is 3.66. The highest BCUT2D eigenvalue weighted by atomic mass is 79.9. The molecule has 150 valence electrons. The molecule has 2 aromatic rings. The lowest BCUT2D eigenvalue weighted by Gasteiger charge is -2.26. The first-order valence-electron chi connectivity index (χ1n) is 7.96. The standard InChI is InChI=1S/C18H16BrF3N2O4/c1-10(24-17(26)18(20,21)22)15(11-3-5-12(19)6-4-11)28-13-7-8-14(23-9-13)16(25)27-2/h3-10,15H,1-2H3,(H,24,26)/t10-,15-/m0/s1. The summed E-state index contributed by atoms with van der Waals surface area (Å²) < 4.78 is 48.9. The van der Waals surface area contributed by atoms with Crippen molar-refractivity contribution in [2.24, 2.45) is 0 Å². The van der Waals surface area contributed by atoms with Crippen LogP contribution >= 0.6 is 15.9 Å². The highest BCUT2D eigenvalue weighted by molar-refractivity contribution is 9.10. The highest BCUT2D eigenvalue weighted by Crippen LogP contribution is 2.27. The minimum atomic E-state index is -5.01. The van der Waals surface area contributed by atoms with Crippen LogP contribution in [0.25, 0.3) is 0 Å². The predicted molar refractivity (Wildman–Crippen MR) is 96.7 cm³/mol. The zero-order valence-electron chi connectivity index (χ0n) is 14.8. The summed E-state index contributed by atoms with van der Waals surface area (Å²) in [7, 11) is 1.21. The van der Waals surface area contributed by atoms with Crippen LogP contribution in [-0.2, 0) is 9.53 Å². The zero-order valence-corrected chi connectivity index (χ0v) is 16.4. The van der Waals surface area contributed by atoms with Crippen molar-refractivity contribution in [2.45, 2.75) is 25.2 Å². The zero-order chi connectivity index (χ0) is 20.9. The summed E-state index contributed by atoms with van der Waals surface area (Å²) in [6.45, 7) is 1.40. The van der Waals surface area contributed by atoms with Crippen LogP contribution < -0.4 is 10.1 Å². The van der Waals surface area contributed by atoms with Gasteiger partial charge in [0.25, 0.3) is 0 Å². The maximum atomic E-state index is 12.6. The van der Waals surface area contributed by atoms with E-state index in [2.05, 4.69) is 25.7 Å². The Bertz CT molecular complexity index is 826. The molecule has 28 heavy (non-hydrogen) atoms. The number of hydrogen-bond acceptors (Lipinski definition) is 5.